The van der Waals surface area contributed by atoms with Crippen molar-refractivity contribution >= 4 is 22.6 Å². The van der Waals surface area contributed by atoms with E-state index in [-0.39, 0.29) is 0 Å². The summed E-state index contributed by atoms with van der Waals surface area (Å²) in [6, 6.07) is 0. The Morgan fingerprint density at radius 3 is 2.00 bits per heavy atom. The van der Waals surface area contributed by atoms with Gasteiger partial charge in [0.25, 0.3) is 5.95 Å². The van der Waals surface area contributed by atoms with E-state index in [4.69, 9.17) is 9.47 Å². The highest BCUT2D eigenvalue weighted by Crippen LogP contribution is 2.02. The molecule has 0 aromatic heterocycles. The molecule has 2 nitrogen and oxygen atoms in total. The summed E-state index contributed by atoms with van der Waals surface area (Å²) in [5.41, 5.74) is 0. The Bertz CT molecular complexity index is 83.1. The average Bonchev–Trinajstić information content (AvgIpc) is 1.88. The monoisotopic (exact) mass is 242 g/mol. The fraction of sp³-hybridized carbons (Fsp3) is 0.667. The number of ether oxygens (including phenoxy) is 2. The molecule has 0 saturated heterocycles. The molecule has 0 rings (SSSR count). The molecule has 9 heavy (non-hydrogen) atoms. The summed E-state index contributed by atoms with van der Waals surface area (Å²) in [6.45, 7) is 5.18. The molecule has 54 valence electrons. The third kappa shape index (κ3) is 4.57. The van der Waals surface area contributed by atoms with Crippen LogP contribution in [0.15, 0.2) is 10.0 Å². The summed E-state index contributed by atoms with van der Waals surface area (Å²) in [5, 5.41) is 0. The van der Waals surface area contributed by atoms with Crippen LogP contribution in [0.2, 0.25) is 0 Å². The lowest BCUT2D eigenvalue weighted by molar-refractivity contribution is 0.0482. The predicted octanol–water partition coefficient (Wildman–Crippen LogP) is 2.29. The summed E-state index contributed by atoms with van der Waals surface area (Å²) in [5.74, 6) is 0.612. The Labute approximate surface area is 69.4 Å². The van der Waals surface area contributed by atoms with E-state index in [1.165, 1.54) is 0 Å². The van der Waals surface area contributed by atoms with Gasteiger partial charge in [-0.05, 0) is 36.4 Å². The number of hydrogen-bond donors (Lipinski definition) is 0. The van der Waals surface area contributed by atoms with E-state index in [1.807, 2.05) is 13.8 Å². The highest BCUT2D eigenvalue weighted by atomic mass is 127. The molecule has 0 aliphatic rings. The van der Waals surface area contributed by atoms with E-state index in [0.717, 1.165) is 0 Å². The van der Waals surface area contributed by atoms with E-state index < -0.39 is 0 Å². The van der Waals surface area contributed by atoms with Gasteiger partial charge in [0.15, 0.2) is 0 Å². The smallest absolute Gasteiger partial charge is 0.285 e. The van der Waals surface area contributed by atoms with Crippen LogP contribution >= 0.6 is 22.6 Å². The SMILES string of the molecule is CCOC(=CI)OCC. The molecule has 0 aromatic rings. The maximum absolute atomic E-state index is 5.06. The van der Waals surface area contributed by atoms with Crippen LogP contribution in [-0.2, 0) is 9.47 Å². The molecule has 0 bridgehead atoms. The van der Waals surface area contributed by atoms with Crippen LogP contribution in [0.25, 0.3) is 0 Å². The molecule has 0 fully saturated rings. The standard InChI is InChI=1S/C6H11IO2/c1-3-8-6(5-7)9-4-2/h5H,3-4H2,1-2H3. The maximum atomic E-state index is 5.06. The van der Waals surface area contributed by atoms with Crippen LogP contribution in [0.1, 0.15) is 13.8 Å². The average molecular weight is 242 g/mol. The summed E-state index contributed by atoms with van der Waals surface area (Å²) in [7, 11) is 0. The van der Waals surface area contributed by atoms with Gasteiger partial charge in [-0.3, -0.25) is 0 Å². The first kappa shape index (κ1) is 9.07. The van der Waals surface area contributed by atoms with Crippen LogP contribution in [0.4, 0.5) is 0 Å². The van der Waals surface area contributed by atoms with Crippen LogP contribution in [0.3, 0.4) is 0 Å². The second-order valence-corrected chi connectivity index (χ2v) is 1.92. The molecule has 3 heteroatoms. The largest absolute Gasteiger partial charge is 0.465 e. The third-order valence-electron chi connectivity index (χ3n) is 0.662. The fourth-order valence-corrected chi connectivity index (χ4v) is 0.749. The second-order valence-electron chi connectivity index (χ2n) is 1.29. The molecule has 0 aliphatic heterocycles. The molecule has 0 saturated carbocycles. The van der Waals surface area contributed by atoms with Crippen molar-refractivity contribution in [2.75, 3.05) is 13.2 Å². The molecule has 0 radical (unpaired) electrons. The molecule has 0 amide bonds. The third-order valence-corrected chi connectivity index (χ3v) is 1.17. The lowest BCUT2D eigenvalue weighted by Crippen LogP contribution is -1.95. The Hall–Kier alpha value is 0.0700. The van der Waals surface area contributed by atoms with Gasteiger partial charge in [-0.1, -0.05) is 0 Å². The summed E-state index contributed by atoms with van der Waals surface area (Å²) >= 11 is 2.08. The van der Waals surface area contributed by atoms with Gasteiger partial charge in [0.05, 0.1) is 17.3 Å². The van der Waals surface area contributed by atoms with Crippen LogP contribution < -0.4 is 0 Å². The molecular formula is C6H11IO2. The lowest BCUT2D eigenvalue weighted by atomic mass is 10.8. The van der Waals surface area contributed by atoms with E-state index in [2.05, 4.69) is 22.6 Å². The minimum absolute atomic E-state index is 0.612. The van der Waals surface area contributed by atoms with Gasteiger partial charge in [-0.25, -0.2) is 0 Å². The molecule has 0 aliphatic carbocycles. The zero-order valence-electron chi connectivity index (χ0n) is 5.69. The highest BCUT2D eigenvalue weighted by Gasteiger charge is 1.91. The Kier molecular flexibility index (Phi) is 6.24. The minimum Gasteiger partial charge on any atom is -0.465 e. The number of hydrogen-bond acceptors (Lipinski definition) is 2. The van der Waals surface area contributed by atoms with E-state index >= 15 is 0 Å². The summed E-state index contributed by atoms with van der Waals surface area (Å²) in [6.07, 6.45) is 0. The van der Waals surface area contributed by atoms with Crippen LogP contribution in [-0.4, -0.2) is 13.2 Å². The zero-order valence-corrected chi connectivity index (χ0v) is 7.84. The summed E-state index contributed by atoms with van der Waals surface area (Å²) in [4.78, 5) is 0. The van der Waals surface area contributed by atoms with Gasteiger partial charge >= 0.3 is 0 Å². The molecule has 0 N–H and O–H groups in total. The Balaban J connectivity index is 3.43. The van der Waals surface area contributed by atoms with Crippen molar-refractivity contribution in [1.82, 2.24) is 0 Å². The molecule has 0 aromatic carbocycles. The predicted molar refractivity (Wildman–Crippen MR) is 45.4 cm³/mol. The van der Waals surface area contributed by atoms with Crippen LogP contribution in [0.5, 0.6) is 0 Å². The van der Waals surface area contributed by atoms with Crippen molar-refractivity contribution in [1.29, 1.82) is 0 Å². The van der Waals surface area contributed by atoms with Crippen molar-refractivity contribution < 1.29 is 9.47 Å². The second kappa shape index (κ2) is 6.19. The van der Waals surface area contributed by atoms with Crippen molar-refractivity contribution in [3.63, 3.8) is 0 Å². The fourth-order valence-electron chi connectivity index (χ4n) is 0.389. The first-order chi connectivity index (χ1) is 4.35. The molecule has 0 atom stereocenters. The maximum Gasteiger partial charge on any atom is 0.285 e. The minimum atomic E-state index is 0.612. The van der Waals surface area contributed by atoms with Crippen molar-refractivity contribution in [3.05, 3.63) is 10.0 Å². The number of halogens is 1. The molecule has 0 unspecified atom stereocenters. The van der Waals surface area contributed by atoms with Gasteiger partial charge in [0.2, 0.25) is 0 Å². The van der Waals surface area contributed by atoms with Gasteiger partial charge in [-0.15, -0.1) is 0 Å². The topological polar surface area (TPSA) is 18.5 Å². The van der Waals surface area contributed by atoms with Crippen molar-refractivity contribution in [3.8, 4) is 0 Å². The van der Waals surface area contributed by atoms with Crippen molar-refractivity contribution in [2.45, 2.75) is 13.8 Å². The van der Waals surface area contributed by atoms with Gasteiger partial charge < -0.3 is 9.47 Å². The first-order valence-corrected chi connectivity index (χ1v) is 4.15. The van der Waals surface area contributed by atoms with E-state index in [0.29, 0.717) is 19.2 Å². The highest BCUT2D eigenvalue weighted by molar-refractivity contribution is 14.1. The number of rotatable bonds is 4. The van der Waals surface area contributed by atoms with Crippen LogP contribution in [0, 0.1) is 0 Å². The normalized spacial score (nSPS) is 8.33. The first-order valence-electron chi connectivity index (χ1n) is 2.91. The lowest BCUT2D eigenvalue weighted by Gasteiger charge is -2.05. The Morgan fingerprint density at radius 1 is 1.33 bits per heavy atom. The molecule has 0 heterocycles. The molecule has 0 spiro atoms. The van der Waals surface area contributed by atoms with E-state index in [1.54, 1.807) is 4.08 Å². The quantitative estimate of drug-likeness (QED) is 0.556. The molecular weight excluding hydrogens is 231 g/mol. The Morgan fingerprint density at radius 2 is 1.78 bits per heavy atom. The summed E-state index contributed by atoms with van der Waals surface area (Å²) < 4.78 is 11.9. The van der Waals surface area contributed by atoms with Gasteiger partial charge in [-0.2, -0.15) is 0 Å². The van der Waals surface area contributed by atoms with Gasteiger partial charge in [0, 0.05) is 0 Å². The van der Waals surface area contributed by atoms with Crippen molar-refractivity contribution in [2.24, 2.45) is 0 Å². The van der Waals surface area contributed by atoms with E-state index in [9.17, 15) is 0 Å². The van der Waals surface area contributed by atoms with Gasteiger partial charge in [0.1, 0.15) is 0 Å². The zero-order chi connectivity index (χ0) is 7.11.